The lowest BCUT2D eigenvalue weighted by Crippen LogP contribution is -2.35. The van der Waals surface area contributed by atoms with Crippen molar-refractivity contribution in [2.45, 2.75) is 39.9 Å². The Morgan fingerprint density at radius 3 is 2.31 bits per heavy atom. The number of benzene rings is 2. The van der Waals surface area contributed by atoms with Crippen molar-refractivity contribution in [2.24, 2.45) is 0 Å². The maximum absolute atomic E-state index is 12.3. The van der Waals surface area contributed by atoms with Crippen LogP contribution in [0, 0.1) is 13.8 Å². The third-order valence-corrected chi connectivity index (χ3v) is 4.30. The third kappa shape index (κ3) is 5.59. The van der Waals surface area contributed by atoms with Crippen molar-refractivity contribution in [3.05, 3.63) is 58.1 Å². The fourth-order valence-corrected chi connectivity index (χ4v) is 2.46. The number of nitrogens with one attached hydrogen (secondary N) is 1. The molecular formula is C20H22BrNO4. The van der Waals surface area contributed by atoms with Gasteiger partial charge in [-0.1, -0.05) is 28.1 Å². The Balaban J connectivity index is 1.91. The van der Waals surface area contributed by atoms with Crippen LogP contribution in [-0.4, -0.2) is 24.1 Å². The second-order valence-corrected chi connectivity index (χ2v) is 7.02. The zero-order valence-electron chi connectivity index (χ0n) is 15.2. The summed E-state index contributed by atoms with van der Waals surface area (Å²) in [4.78, 5) is 24.5. The van der Waals surface area contributed by atoms with Gasteiger partial charge in [0.25, 0.3) is 5.91 Å². The molecule has 0 fully saturated rings. The van der Waals surface area contributed by atoms with Crippen molar-refractivity contribution in [3.63, 3.8) is 0 Å². The molecule has 0 radical (unpaired) electrons. The molecule has 0 unspecified atom stereocenters. The van der Waals surface area contributed by atoms with E-state index in [4.69, 9.17) is 9.47 Å². The molecule has 2 aromatic rings. The third-order valence-electron chi connectivity index (χ3n) is 3.77. The molecule has 2 rings (SSSR count). The van der Waals surface area contributed by atoms with Gasteiger partial charge in [0.2, 0.25) is 0 Å². The smallest absolute Gasteiger partial charge is 0.347 e. The largest absolute Gasteiger partial charge is 0.479 e. The zero-order chi connectivity index (χ0) is 19.3. The van der Waals surface area contributed by atoms with Crippen LogP contribution in [0.3, 0.4) is 0 Å². The van der Waals surface area contributed by atoms with E-state index < -0.39 is 18.2 Å². The summed E-state index contributed by atoms with van der Waals surface area (Å²) in [6.45, 7) is 6.96. The number of carbonyl (C=O) groups excluding carboxylic acids is 2. The first-order valence-corrected chi connectivity index (χ1v) is 9.06. The highest BCUT2D eigenvalue weighted by Crippen LogP contribution is 2.19. The van der Waals surface area contributed by atoms with Gasteiger partial charge in [0, 0.05) is 10.2 Å². The lowest BCUT2D eigenvalue weighted by molar-refractivity contribution is -0.159. The highest BCUT2D eigenvalue weighted by molar-refractivity contribution is 9.10. The van der Waals surface area contributed by atoms with E-state index in [0.717, 1.165) is 15.6 Å². The van der Waals surface area contributed by atoms with Gasteiger partial charge in [-0.05, 0) is 69.2 Å². The summed E-state index contributed by atoms with van der Waals surface area (Å²) >= 11 is 3.33. The van der Waals surface area contributed by atoms with E-state index in [1.54, 1.807) is 19.1 Å². The van der Waals surface area contributed by atoms with Gasteiger partial charge in [0.05, 0.1) is 0 Å². The van der Waals surface area contributed by atoms with E-state index in [-0.39, 0.29) is 5.91 Å². The Labute approximate surface area is 161 Å². The molecule has 0 saturated carbocycles. The zero-order valence-corrected chi connectivity index (χ0v) is 16.8. The molecule has 0 heterocycles. The summed E-state index contributed by atoms with van der Waals surface area (Å²) < 4.78 is 11.7. The average Bonchev–Trinajstić information content (AvgIpc) is 2.59. The average molecular weight is 420 g/mol. The molecule has 0 aliphatic rings. The fourth-order valence-electron chi connectivity index (χ4n) is 2.19. The molecule has 0 aliphatic heterocycles. The summed E-state index contributed by atoms with van der Waals surface area (Å²) in [7, 11) is 0. The van der Waals surface area contributed by atoms with E-state index in [1.807, 2.05) is 44.2 Å². The molecule has 5 nitrogen and oxygen atoms in total. The predicted octanol–water partition coefficient (Wildman–Crippen LogP) is 4.40. The van der Waals surface area contributed by atoms with Gasteiger partial charge in [0.1, 0.15) is 5.75 Å². The van der Waals surface area contributed by atoms with Crippen LogP contribution in [-0.2, 0) is 14.3 Å². The van der Waals surface area contributed by atoms with Crippen LogP contribution in [0.25, 0.3) is 0 Å². The predicted molar refractivity (Wildman–Crippen MR) is 104 cm³/mol. The lowest BCUT2D eigenvalue weighted by atomic mass is 10.1. The quantitative estimate of drug-likeness (QED) is 0.704. The number of hydrogen-bond acceptors (Lipinski definition) is 4. The van der Waals surface area contributed by atoms with Gasteiger partial charge in [-0.25, -0.2) is 4.79 Å². The Morgan fingerprint density at radius 2 is 1.65 bits per heavy atom. The molecule has 26 heavy (non-hydrogen) atoms. The van der Waals surface area contributed by atoms with Crippen molar-refractivity contribution in [3.8, 4) is 5.75 Å². The maximum atomic E-state index is 12.3. The number of halogens is 1. The molecule has 0 bridgehead atoms. The molecule has 0 saturated heterocycles. The highest BCUT2D eigenvalue weighted by Gasteiger charge is 2.23. The van der Waals surface area contributed by atoms with Crippen LogP contribution in [0.5, 0.6) is 5.75 Å². The Bertz CT molecular complexity index is 789. The first kappa shape index (κ1) is 20.0. The van der Waals surface area contributed by atoms with Gasteiger partial charge in [-0.15, -0.1) is 0 Å². The summed E-state index contributed by atoms with van der Waals surface area (Å²) in [6, 6.07) is 12.9. The molecule has 0 aliphatic carbocycles. The first-order chi connectivity index (χ1) is 12.3. The van der Waals surface area contributed by atoms with E-state index in [0.29, 0.717) is 11.4 Å². The van der Waals surface area contributed by atoms with Crippen molar-refractivity contribution in [2.75, 3.05) is 5.32 Å². The highest BCUT2D eigenvalue weighted by atomic mass is 79.9. The number of aryl methyl sites for hydroxylation is 2. The number of rotatable bonds is 6. The molecule has 2 atom stereocenters. The summed E-state index contributed by atoms with van der Waals surface area (Å²) in [5.74, 6) is -0.440. The Morgan fingerprint density at radius 1 is 1.00 bits per heavy atom. The number of carbonyl (C=O) groups is 2. The van der Waals surface area contributed by atoms with Gasteiger partial charge < -0.3 is 14.8 Å². The van der Waals surface area contributed by atoms with Crippen molar-refractivity contribution >= 4 is 33.5 Å². The van der Waals surface area contributed by atoms with Crippen LogP contribution in [0.4, 0.5) is 5.69 Å². The second-order valence-electron chi connectivity index (χ2n) is 6.10. The van der Waals surface area contributed by atoms with Crippen LogP contribution >= 0.6 is 15.9 Å². The molecule has 2 aromatic carbocycles. The van der Waals surface area contributed by atoms with Crippen LogP contribution in [0.2, 0.25) is 0 Å². The Kier molecular flexibility index (Phi) is 6.80. The monoisotopic (exact) mass is 419 g/mol. The van der Waals surface area contributed by atoms with E-state index in [2.05, 4.69) is 21.2 Å². The normalized spacial score (nSPS) is 12.8. The molecule has 1 N–H and O–H groups in total. The maximum Gasteiger partial charge on any atom is 0.347 e. The van der Waals surface area contributed by atoms with Crippen molar-refractivity contribution in [1.82, 2.24) is 0 Å². The Hall–Kier alpha value is -2.34. The number of hydrogen-bond donors (Lipinski definition) is 1. The summed E-state index contributed by atoms with van der Waals surface area (Å²) in [6.07, 6.45) is -1.76. The number of amides is 1. The molecule has 138 valence electrons. The van der Waals surface area contributed by atoms with Crippen LogP contribution < -0.4 is 10.1 Å². The second kappa shape index (κ2) is 8.85. The lowest BCUT2D eigenvalue weighted by Gasteiger charge is -2.18. The van der Waals surface area contributed by atoms with Gasteiger partial charge >= 0.3 is 5.97 Å². The standard InChI is InChI=1S/C20H22BrNO4/c1-12-5-6-13(2)18(11-12)22-19(23)14(3)26-20(24)15(4)25-17-9-7-16(21)8-10-17/h5-11,14-15H,1-4H3,(H,22,23)/t14-,15+/m0/s1. The van der Waals surface area contributed by atoms with E-state index in [1.165, 1.54) is 6.92 Å². The summed E-state index contributed by atoms with van der Waals surface area (Å²) in [5.41, 5.74) is 2.68. The van der Waals surface area contributed by atoms with Crippen molar-refractivity contribution in [1.29, 1.82) is 0 Å². The minimum Gasteiger partial charge on any atom is -0.479 e. The minimum atomic E-state index is -0.932. The van der Waals surface area contributed by atoms with Crippen LogP contribution in [0.1, 0.15) is 25.0 Å². The van der Waals surface area contributed by atoms with Crippen LogP contribution in [0.15, 0.2) is 46.9 Å². The fraction of sp³-hybridized carbons (Fsp3) is 0.300. The SMILES string of the molecule is Cc1ccc(C)c(NC(=O)[C@H](C)OC(=O)[C@@H](C)Oc2ccc(Br)cc2)c1. The number of ether oxygens (including phenoxy) is 2. The molecular weight excluding hydrogens is 398 g/mol. The van der Waals surface area contributed by atoms with E-state index >= 15 is 0 Å². The molecule has 6 heteroatoms. The van der Waals surface area contributed by atoms with Gasteiger partial charge in [-0.2, -0.15) is 0 Å². The first-order valence-electron chi connectivity index (χ1n) is 8.27. The molecule has 1 amide bonds. The van der Waals surface area contributed by atoms with Crippen molar-refractivity contribution < 1.29 is 19.1 Å². The number of esters is 1. The van der Waals surface area contributed by atoms with E-state index in [9.17, 15) is 9.59 Å². The number of anilines is 1. The minimum absolute atomic E-state index is 0.386. The van der Waals surface area contributed by atoms with Gasteiger partial charge in [-0.3, -0.25) is 4.79 Å². The summed E-state index contributed by atoms with van der Waals surface area (Å²) in [5, 5.41) is 2.79. The molecule has 0 aromatic heterocycles. The topological polar surface area (TPSA) is 64.6 Å². The molecule has 0 spiro atoms. The van der Waals surface area contributed by atoms with Gasteiger partial charge in [0.15, 0.2) is 12.2 Å².